The molecule has 1 aliphatic rings. The SMILES string of the molecule is Oc1ccc(N2C(=S)N[C@H](c3ccccn3)[C@H]2c2cccn2-c2ccc(F)cc2)cc1. The Kier molecular flexibility index (Phi) is 4.88. The van der Waals surface area contributed by atoms with Gasteiger partial charge in [-0.2, -0.15) is 0 Å². The van der Waals surface area contributed by atoms with Crippen LogP contribution in [0.15, 0.2) is 91.3 Å². The van der Waals surface area contributed by atoms with Crippen LogP contribution in [-0.2, 0) is 0 Å². The molecular formula is C24H19FN4OS. The van der Waals surface area contributed by atoms with Gasteiger partial charge in [-0.15, -0.1) is 0 Å². The smallest absolute Gasteiger partial charge is 0.174 e. The highest BCUT2D eigenvalue weighted by Gasteiger charge is 2.42. The molecule has 1 saturated heterocycles. The lowest BCUT2D eigenvalue weighted by Crippen LogP contribution is -2.30. The Morgan fingerprint density at radius 1 is 0.903 bits per heavy atom. The minimum absolute atomic E-state index is 0.189. The first-order valence-electron chi connectivity index (χ1n) is 9.85. The highest BCUT2D eigenvalue weighted by molar-refractivity contribution is 7.80. The molecule has 0 spiro atoms. The summed E-state index contributed by atoms with van der Waals surface area (Å²) in [6.45, 7) is 0. The molecule has 4 aromatic rings. The van der Waals surface area contributed by atoms with E-state index in [9.17, 15) is 9.50 Å². The first-order chi connectivity index (χ1) is 15.1. The minimum atomic E-state index is -0.279. The monoisotopic (exact) mass is 430 g/mol. The Morgan fingerprint density at radius 3 is 2.35 bits per heavy atom. The third-order valence-corrected chi connectivity index (χ3v) is 5.73. The van der Waals surface area contributed by atoms with Crippen molar-refractivity contribution < 1.29 is 9.50 Å². The maximum absolute atomic E-state index is 13.5. The number of phenols is 1. The fourth-order valence-electron chi connectivity index (χ4n) is 4.02. The van der Waals surface area contributed by atoms with Crippen molar-refractivity contribution in [1.82, 2.24) is 14.9 Å². The summed E-state index contributed by atoms with van der Waals surface area (Å²) >= 11 is 5.73. The number of anilines is 1. The average Bonchev–Trinajstić information content (AvgIpc) is 3.40. The fraction of sp³-hybridized carbons (Fsp3) is 0.0833. The van der Waals surface area contributed by atoms with E-state index in [4.69, 9.17) is 12.2 Å². The lowest BCUT2D eigenvalue weighted by atomic mass is 10.0. The molecular weight excluding hydrogens is 411 g/mol. The average molecular weight is 431 g/mol. The van der Waals surface area contributed by atoms with Gasteiger partial charge >= 0.3 is 0 Å². The second kappa shape index (κ2) is 7.85. The molecule has 0 radical (unpaired) electrons. The molecule has 5 nitrogen and oxygen atoms in total. The summed E-state index contributed by atoms with van der Waals surface area (Å²) in [7, 11) is 0. The van der Waals surface area contributed by atoms with Gasteiger partial charge in [-0.25, -0.2) is 4.39 Å². The Labute approximate surface area is 184 Å². The number of aromatic hydroxyl groups is 1. The molecule has 0 bridgehead atoms. The molecule has 2 atom stereocenters. The van der Waals surface area contributed by atoms with Crippen molar-refractivity contribution in [2.75, 3.05) is 4.90 Å². The zero-order chi connectivity index (χ0) is 21.4. The van der Waals surface area contributed by atoms with Crippen LogP contribution < -0.4 is 10.2 Å². The number of thiocarbonyl (C=S) groups is 1. The number of nitrogens with one attached hydrogen (secondary N) is 1. The van der Waals surface area contributed by atoms with E-state index in [0.717, 1.165) is 22.8 Å². The number of phenolic OH excluding ortho intramolecular Hbond substituents is 1. The van der Waals surface area contributed by atoms with Crippen LogP contribution in [-0.4, -0.2) is 19.8 Å². The van der Waals surface area contributed by atoms with E-state index in [1.165, 1.54) is 12.1 Å². The third kappa shape index (κ3) is 3.53. The van der Waals surface area contributed by atoms with Crippen molar-refractivity contribution in [3.63, 3.8) is 0 Å². The summed E-state index contributed by atoms with van der Waals surface area (Å²) in [5, 5.41) is 13.7. The van der Waals surface area contributed by atoms with Crippen molar-refractivity contribution in [2.24, 2.45) is 0 Å². The first kappa shape index (κ1) is 19.3. The van der Waals surface area contributed by atoms with Crippen LogP contribution in [0.3, 0.4) is 0 Å². The van der Waals surface area contributed by atoms with Crippen molar-refractivity contribution in [3.05, 3.63) is 108 Å². The van der Waals surface area contributed by atoms with Crippen molar-refractivity contribution >= 4 is 23.0 Å². The second-order valence-corrected chi connectivity index (χ2v) is 7.68. The van der Waals surface area contributed by atoms with Crippen LogP contribution >= 0.6 is 12.2 Å². The van der Waals surface area contributed by atoms with Gasteiger partial charge in [0.15, 0.2) is 5.11 Å². The summed E-state index contributed by atoms with van der Waals surface area (Å²) in [6.07, 6.45) is 3.72. The van der Waals surface area contributed by atoms with Crippen molar-refractivity contribution in [2.45, 2.75) is 12.1 Å². The highest BCUT2D eigenvalue weighted by atomic mass is 32.1. The number of halogens is 1. The number of benzene rings is 2. The molecule has 2 aromatic heterocycles. The molecule has 0 saturated carbocycles. The topological polar surface area (TPSA) is 53.3 Å². The molecule has 7 heteroatoms. The Morgan fingerprint density at radius 2 is 1.65 bits per heavy atom. The van der Waals surface area contributed by atoms with Crippen molar-refractivity contribution in [3.8, 4) is 11.4 Å². The van der Waals surface area contributed by atoms with Gasteiger partial charge in [0.1, 0.15) is 17.6 Å². The van der Waals surface area contributed by atoms with Crippen LogP contribution in [0.25, 0.3) is 5.69 Å². The zero-order valence-corrected chi connectivity index (χ0v) is 17.2. The summed E-state index contributed by atoms with van der Waals surface area (Å²) in [5.74, 6) is -0.0902. The normalized spacial score (nSPS) is 18.2. The lowest BCUT2D eigenvalue weighted by Gasteiger charge is -2.29. The van der Waals surface area contributed by atoms with Gasteiger partial charge in [-0.1, -0.05) is 6.07 Å². The molecule has 1 fully saturated rings. The fourth-order valence-corrected chi connectivity index (χ4v) is 4.36. The summed E-state index contributed by atoms with van der Waals surface area (Å²) in [5.41, 5.74) is 3.54. The molecule has 2 aromatic carbocycles. The maximum Gasteiger partial charge on any atom is 0.174 e. The Balaban J connectivity index is 1.66. The van der Waals surface area contributed by atoms with E-state index in [0.29, 0.717) is 5.11 Å². The van der Waals surface area contributed by atoms with E-state index in [1.807, 2.05) is 58.1 Å². The molecule has 0 amide bonds. The molecule has 0 aliphatic carbocycles. The Hall–Kier alpha value is -3.71. The third-order valence-electron chi connectivity index (χ3n) is 5.41. The predicted molar refractivity (Wildman–Crippen MR) is 122 cm³/mol. The number of aromatic nitrogens is 2. The van der Waals surface area contributed by atoms with Crippen LogP contribution in [0, 0.1) is 5.82 Å². The van der Waals surface area contributed by atoms with Gasteiger partial charge in [0.25, 0.3) is 0 Å². The predicted octanol–water partition coefficient (Wildman–Crippen LogP) is 4.89. The highest BCUT2D eigenvalue weighted by Crippen LogP contribution is 2.42. The van der Waals surface area contributed by atoms with Crippen LogP contribution in [0.1, 0.15) is 23.5 Å². The first-order valence-corrected chi connectivity index (χ1v) is 10.3. The lowest BCUT2D eigenvalue weighted by molar-refractivity contribution is 0.475. The van der Waals surface area contributed by atoms with E-state index < -0.39 is 0 Å². The number of pyridine rings is 1. The van der Waals surface area contributed by atoms with E-state index in [1.54, 1.807) is 30.5 Å². The summed E-state index contributed by atoms with van der Waals surface area (Å²) < 4.78 is 15.5. The standard InChI is InChI=1S/C24H19FN4OS/c25-16-6-8-17(9-7-16)28-15-3-5-21(28)23-22(20-4-1-2-14-26-20)27-24(31)29(23)18-10-12-19(30)13-11-18/h1-15,22-23,30H,(H,27,31)/t22-,23-/m1/s1. The van der Waals surface area contributed by atoms with Gasteiger partial charge in [0.2, 0.25) is 0 Å². The summed E-state index contributed by atoms with van der Waals surface area (Å²) in [6, 6.07) is 22.7. The van der Waals surface area contributed by atoms with Crippen LogP contribution in [0.5, 0.6) is 5.75 Å². The van der Waals surface area contributed by atoms with E-state index >= 15 is 0 Å². The van der Waals surface area contributed by atoms with E-state index in [2.05, 4.69) is 10.3 Å². The number of hydrogen-bond acceptors (Lipinski definition) is 3. The number of rotatable bonds is 4. The molecule has 0 unspecified atom stereocenters. The molecule has 1 aliphatic heterocycles. The molecule has 5 rings (SSSR count). The van der Waals surface area contributed by atoms with Gasteiger partial charge < -0.3 is 19.9 Å². The van der Waals surface area contributed by atoms with Crippen molar-refractivity contribution in [1.29, 1.82) is 0 Å². The Bertz CT molecular complexity index is 1210. The largest absolute Gasteiger partial charge is 0.508 e. The molecule has 31 heavy (non-hydrogen) atoms. The van der Waals surface area contributed by atoms with Gasteiger partial charge in [-0.3, -0.25) is 4.98 Å². The molecule has 3 heterocycles. The van der Waals surface area contributed by atoms with Crippen LogP contribution in [0.2, 0.25) is 0 Å². The molecule has 2 N–H and O–H groups in total. The minimum Gasteiger partial charge on any atom is -0.508 e. The zero-order valence-electron chi connectivity index (χ0n) is 16.4. The maximum atomic E-state index is 13.5. The number of nitrogens with zero attached hydrogens (tertiary/aromatic N) is 3. The second-order valence-electron chi connectivity index (χ2n) is 7.29. The van der Waals surface area contributed by atoms with Gasteiger partial charge in [0.05, 0.1) is 11.7 Å². The van der Waals surface area contributed by atoms with Gasteiger partial charge in [0, 0.05) is 29.5 Å². The quantitative estimate of drug-likeness (QED) is 0.452. The van der Waals surface area contributed by atoms with Gasteiger partial charge in [-0.05, 0) is 85.0 Å². The summed E-state index contributed by atoms with van der Waals surface area (Å²) in [4.78, 5) is 6.60. The van der Waals surface area contributed by atoms with E-state index in [-0.39, 0.29) is 23.7 Å². The molecule has 154 valence electrons. The van der Waals surface area contributed by atoms with Crippen LogP contribution in [0.4, 0.5) is 10.1 Å². The number of hydrogen-bond donors (Lipinski definition) is 2.